The van der Waals surface area contributed by atoms with E-state index in [9.17, 15) is 9.59 Å². The number of nitrogens with one attached hydrogen (secondary N) is 2. The Morgan fingerprint density at radius 3 is 2.62 bits per heavy atom. The molecule has 0 bridgehead atoms. The molecule has 0 saturated heterocycles. The first-order valence-corrected chi connectivity index (χ1v) is 4.97. The number of hydrogen-bond acceptors (Lipinski definition) is 4. The lowest BCUT2D eigenvalue weighted by Gasteiger charge is -2.29. The van der Waals surface area contributed by atoms with Crippen LogP contribution in [0.25, 0.3) is 0 Å². The number of aromatic nitrogens is 2. The zero-order valence-corrected chi connectivity index (χ0v) is 9.57. The molecule has 1 atom stereocenters. The van der Waals surface area contributed by atoms with E-state index in [1.807, 2.05) is 13.8 Å². The smallest absolute Gasteiger partial charge is 0.272 e. The summed E-state index contributed by atoms with van der Waals surface area (Å²) in [5.41, 5.74) is 5.01. The summed E-state index contributed by atoms with van der Waals surface area (Å²) in [5, 5.41) is 8.57. The van der Waals surface area contributed by atoms with Crippen LogP contribution in [0.4, 0.5) is 0 Å². The number of carbonyl (C=O) groups is 1. The second-order valence-corrected chi connectivity index (χ2v) is 4.27. The molecule has 0 radical (unpaired) electrons. The van der Waals surface area contributed by atoms with Gasteiger partial charge in [0.05, 0.1) is 0 Å². The summed E-state index contributed by atoms with van der Waals surface area (Å²) in [5.74, 6) is -0.362. The summed E-state index contributed by atoms with van der Waals surface area (Å²) in [6.45, 7) is 5.45. The summed E-state index contributed by atoms with van der Waals surface area (Å²) in [6.07, 6.45) is 0. The number of amides is 1. The minimum atomic E-state index is -0.533. The number of hydrogen-bond donors (Lipinski definition) is 3. The molecule has 0 aromatic carbocycles. The molecule has 0 saturated carbocycles. The Labute approximate surface area is 93.2 Å². The Bertz CT molecular complexity index is 416. The maximum Gasteiger partial charge on any atom is 0.272 e. The molecule has 1 unspecified atom stereocenters. The average molecular weight is 224 g/mol. The summed E-state index contributed by atoms with van der Waals surface area (Å²) >= 11 is 0. The van der Waals surface area contributed by atoms with Gasteiger partial charge in [-0.15, -0.1) is 0 Å². The predicted octanol–water partition coefficient (Wildman–Crippen LogP) is -0.375. The van der Waals surface area contributed by atoms with Gasteiger partial charge < -0.3 is 11.1 Å². The van der Waals surface area contributed by atoms with E-state index in [1.165, 1.54) is 12.1 Å². The maximum atomic E-state index is 11.7. The Morgan fingerprint density at radius 1 is 1.56 bits per heavy atom. The Hall–Kier alpha value is -1.69. The lowest BCUT2D eigenvalue weighted by atomic mass is 9.97. The van der Waals surface area contributed by atoms with Crippen molar-refractivity contribution in [1.29, 1.82) is 0 Å². The van der Waals surface area contributed by atoms with Crippen LogP contribution in [0.1, 0.15) is 31.3 Å². The Kier molecular flexibility index (Phi) is 3.44. The molecule has 1 heterocycles. The van der Waals surface area contributed by atoms with E-state index in [1.54, 1.807) is 6.92 Å². The molecule has 6 nitrogen and oxygen atoms in total. The van der Waals surface area contributed by atoms with Crippen LogP contribution in [0.2, 0.25) is 0 Å². The molecule has 0 aliphatic rings. The van der Waals surface area contributed by atoms with E-state index < -0.39 is 5.54 Å². The van der Waals surface area contributed by atoms with Gasteiger partial charge in [-0.2, -0.15) is 5.10 Å². The van der Waals surface area contributed by atoms with Crippen molar-refractivity contribution in [2.24, 2.45) is 5.73 Å². The van der Waals surface area contributed by atoms with Crippen molar-refractivity contribution < 1.29 is 4.79 Å². The Morgan fingerprint density at radius 2 is 2.19 bits per heavy atom. The number of nitrogens with two attached hydrogens (primary N) is 1. The molecule has 0 aliphatic heterocycles. The lowest BCUT2D eigenvalue weighted by molar-refractivity contribution is 0.0897. The van der Waals surface area contributed by atoms with Crippen molar-refractivity contribution >= 4 is 5.91 Å². The summed E-state index contributed by atoms with van der Waals surface area (Å²) in [4.78, 5) is 22.5. The van der Waals surface area contributed by atoms with Crippen LogP contribution >= 0.6 is 0 Å². The SMILES string of the molecule is CC(N)C(C)(C)NC(=O)c1ccc(=O)[nH]n1. The van der Waals surface area contributed by atoms with Gasteiger partial charge in [0.1, 0.15) is 5.69 Å². The highest BCUT2D eigenvalue weighted by molar-refractivity contribution is 5.92. The van der Waals surface area contributed by atoms with E-state index in [2.05, 4.69) is 15.5 Å². The van der Waals surface area contributed by atoms with Crippen LogP contribution in [0.15, 0.2) is 16.9 Å². The van der Waals surface area contributed by atoms with Gasteiger partial charge in [0.15, 0.2) is 0 Å². The highest BCUT2D eigenvalue weighted by Gasteiger charge is 2.25. The zero-order valence-electron chi connectivity index (χ0n) is 9.57. The average Bonchev–Trinajstić information content (AvgIpc) is 2.17. The van der Waals surface area contributed by atoms with Crippen LogP contribution in [0, 0.1) is 0 Å². The molecule has 1 aromatic heterocycles. The molecule has 6 heteroatoms. The fourth-order valence-corrected chi connectivity index (χ4v) is 0.941. The molecule has 16 heavy (non-hydrogen) atoms. The predicted molar refractivity (Wildman–Crippen MR) is 60.1 cm³/mol. The van der Waals surface area contributed by atoms with Gasteiger partial charge in [0, 0.05) is 17.6 Å². The fourth-order valence-electron chi connectivity index (χ4n) is 0.941. The van der Waals surface area contributed by atoms with Gasteiger partial charge in [-0.1, -0.05) is 0 Å². The quantitative estimate of drug-likeness (QED) is 0.651. The van der Waals surface area contributed by atoms with E-state index in [-0.39, 0.29) is 23.2 Å². The standard InChI is InChI=1S/C10H16N4O2/c1-6(11)10(2,3)12-9(16)7-4-5-8(15)14-13-7/h4-6H,11H2,1-3H3,(H,12,16)(H,14,15). The first-order valence-electron chi connectivity index (χ1n) is 4.97. The molecule has 0 fully saturated rings. The zero-order chi connectivity index (χ0) is 12.3. The first-order chi connectivity index (χ1) is 7.33. The lowest BCUT2D eigenvalue weighted by Crippen LogP contribution is -2.54. The highest BCUT2D eigenvalue weighted by Crippen LogP contribution is 2.07. The van der Waals surface area contributed by atoms with Crippen molar-refractivity contribution in [3.8, 4) is 0 Å². The third-order valence-corrected chi connectivity index (χ3v) is 2.49. The second kappa shape index (κ2) is 4.44. The minimum Gasteiger partial charge on any atom is -0.344 e. The molecular formula is C10H16N4O2. The number of rotatable bonds is 3. The molecule has 1 aromatic rings. The van der Waals surface area contributed by atoms with Crippen molar-refractivity contribution in [2.75, 3.05) is 0 Å². The third-order valence-electron chi connectivity index (χ3n) is 2.49. The number of H-pyrrole nitrogens is 1. The van der Waals surface area contributed by atoms with Gasteiger partial charge in [0.2, 0.25) is 0 Å². The maximum absolute atomic E-state index is 11.7. The Balaban J connectivity index is 2.80. The molecule has 4 N–H and O–H groups in total. The summed E-state index contributed by atoms with van der Waals surface area (Å²) in [7, 11) is 0. The van der Waals surface area contributed by atoms with Crippen molar-refractivity contribution in [2.45, 2.75) is 32.4 Å². The van der Waals surface area contributed by atoms with Crippen LogP contribution in [0.5, 0.6) is 0 Å². The molecule has 1 amide bonds. The van der Waals surface area contributed by atoms with Gasteiger partial charge in [-0.3, -0.25) is 9.59 Å². The third kappa shape index (κ3) is 2.90. The fraction of sp³-hybridized carbons (Fsp3) is 0.500. The van der Waals surface area contributed by atoms with Gasteiger partial charge in [-0.05, 0) is 26.8 Å². The van der Waals surface area contributed by atoms with Crippen LogP contribution in [-0.2, 0) is 0 Å². The van der Waals surface area contributed by atoms with Crippen LogP contribution in [-0.4, -0.2) is 27.7 Å². The molecule has 88 valence electrons. The second-order valence-electron chi connectivity index (χ2n) is 4.27. The van der Waals surface area contributed by atoms with Gasteiger partial charge in [-0.25, -0.2) is 5.10 Å². The largest absolute Gasteiger partial charge is 0.344 e. The highest BCUT2D eigenvalue weighted by atomic mass is 16.2. The van der Waals surface area contributed by atoms with E-state index >= 15 is 0 Å². The summed E-state index contributed by atoms with van der Waals surface area (Å²) < 4.78 is 0. The molecule has 0 spiro atoms. The number of aromatic amines is 1. The first kappa shape index (κ1) is 12.4. The van der Waals surface area contributed by atoms with E-state index in [4.69, 9.17) is 5.73 Å². The van der Waals surface area contributed by atoms with E-state index in [0.29, 0.717) is 0 Å². The molecule has 1 rings (SSSR count). The van der Waals surface area contributed by atoms with Crippen molar-refractivity contribution in [1.82, 2.24) is 15.5 Å². The van der Waals surface area contributed by atoms with Gasteiger partial charge in [0.25, 0.3) is 11.5 Å². The summed E-state index contributed by atoms with van der Waals surface area (Å²) in [6, 6.07) is 2.42. The van der Waals surface area contributed by atoms with Crippen molar-refractivity contribution in [3.05, 3.63) is 28.2 Å². The molecular weight excluding hydrogens is 208 g/mol. The van der Waals surface area contributed by atoms with E-state index in [0.717, 1.165) is 0 Å². The van der Waals surface area contributed by atoms with Gasteiger partial charge >= 0.3 is 0 Å². The van der Waals surface area contributed by atoms with Crippen molar-refractivity contribution in [3.63, 3.8) is 0 Å². The minimum absolute atomic E-state index is 0.160. The monoisotopic (exact) mass is 224 g/mol. The number of nitrogens with zero attached hydrogens (tertiary/aromatic N) is 1. The number of carbonyl (C=O) groups excluding carboxylic acids is 1. The normalized spacial score (nSPS) is 13.2. The molecule has 0 aliphatic carbocycles. The van der Waals surface area contributed by atoms with Crippen LogP contribution < -0.4 is 16.6 Å². The van der Waals surface area contributed by atoms with Crippen LogP contribution in [0.3, 0.4) is 0 Å². The topological polar surface area (TPSA) is 101 Å².